The van der Waals surface area contributed by atoms with Gasteiger partial charge in [-0.15, -0.1) is 0 Å². The number of amidine groups is 2. The molecule has 0 aromatic heterocycles. The number of rotatable bonds is 6. The van der Waals surface area contributed by atoms with Crippen molar-refractivity contribution in [2.24, 2.45) is 11.5 Å². The number of likely N-dealkylation sites (N-methyl/N-ethyl adjacent to an activating group) is 1. The fourth-order valence-corrected chi connectivity index (χ4v) is 3.23. The molecule has 0 radical (unpaired) electrons. The molecule has 1 saturated heterocycles. The predicted octanol–water partition coefficient (Wildman–Crippen LogP) is 1.34. The molecule has 0 spiro atoms. The van der Waals surface area contributed by atoms with Crippen molar-refractivity contribution in [2.75, 3.05) is 18.9 Å². The molecular formula is C20H24N6O2. The third-order valence-electron chi connectivity index (χ3n) is 4.72. The Morgan fingerprint density at radius 3 is 2.43 bits per heavy atom. The van der Waals surface area contributed by atoms with Crippen LogP contribution in [0, 0.1) is 10.8 Å². The van der Waals surface area contributed by atoms with Crippen molar-refractivity contribution >= 4 is 23.3 Å². The zero-order valence-corrected chi connectivity index (χ0v) is 15.6. The monoisotopic (exact) mass is 380 g/mol. The molecule has 2 aromatic rings. The molecule has 0 aliphatic carbocycles. The van der Waals surface area contributed by atoms with Gasteiger partial charge in [0.1, 0.15) is 23.5 Å². The second kappa shape index (κ2) is 8.10. The number of hydrogen-bond acceptors (Lipinski definition) is 5. The van der Waals surface area contributed by atoms with Crippen molar-refractivity contribution in [1.29, 1.82) is 10.8 Å². The van der Waals surface area contributed by atoms with E-state index in [2.05, 4.69) is 5.32 Å². The third kappa shape index (κ3) is 4.47. The first kappa shape index (κ1) is 19.4. The predicted molar refractivity (Wildman–Crippen MR) is 109 cm³/mol. The van der Waals surface area contributed by atoms with Gasteiger partial charge < -0.3 is 21.5 Å². The topological polar surface area (TPSA) is 141 Å². The van der Waals surface area contributed by atoms with Crippen molar-refractivity contribution in [1.82, 2.24) is 4.90 Å². The summed E-state index contributed by atoms with van der Waals surface area (Å²) in [6.07, 6.45) is 0.418. The van der Waals surface area contributed by atoms with Crippen LogP contribution in [0.1, 0.15) is 17.5 Å². The Hall–Kier alpha value is -3.39. The summed E-state index contributed by atoms with van der Waals surface area (Å²) < 4.78 is 6.00. The molecule has 8 heteroatoms. The Morgan fingerprint density at radius 1 is 1.11 bits per heavy atom. The molecule has 1 aliphatic rings. The van der Waals surface area contributed by atoms with Crippen LogP contribution in [-0.4, -0.2) is 48.2 Å². The number of nitrogens with two attached hydrogens (primary N) is 2. The van der Waals surface area contributed by atoms with Gasteiger partial charge in [0.25, 0.3) is 0 Å². The molecule has 7 N–H and O–H groups in total. The van der Waals surface area contributed by atoms with Gasteiger partial charge >= 0.3 is 0 Å². The van der Waals surface area contributed by atoms with Crippen LogP contribution in [0.2, 0.25) is 0 Å². The van der Waals surface area contributed by atoms with Crippen LogP contribution < -0.4 is 21.5 Å². The van der Waals surface area contributed by atoms with E-state index in [4.69, 9.17) is 27.0 Å². The highest BCUT2D eigenvalue weighted by Crippen LogP contribution is 2.24. The zero-order chi connectivity index (χ0) is 20.3. The number of hydrogen-bond donors (Lipinski definition) is 5. The Kier molecular flexibility index (Phi) is 5.60. The summed E-state index contributed by atoms with van der Waals surface area (Å²) >= 11 is 0. The molecule has 2 atom stereocenters. The third-order valence-corrected chi connectivity index (χ3v) is 4.72. The number of ether oxygens (including phenoxy) is 1. The molecule has 1 aliphatic heterocycles. The molecule has 0 bridgehead atoms. The van der Waals surface area contributed by atoms with Crippen LogP contribution in [0.5, 0.6) is 5.75 Å². The van der Waals surface area contributed by atoms with Crippen molar-refractivity contribution < 1.29 is 9.53 Å². The molecule has 28 heavy (non-hydrogen) atoms. The smallest absolute Gasteiger partial charge is 0.241 e. The lowest BCUT2D eigenvalue weighted by Crippen LogP contribution is -2.37. The highest BCUT2D eigenvalue weighted by molar-refractivity contribution is 5.97. The van der Waals surface area contributed by atoms with Gasteiger partial charge in [-0.3, -0.25) is 20.5 Å². The SMILES string of the molecule is CN1C[C@H](Oc2cccc(C(=N)N)c2)C[C@H]1C(=O)Nc1ccc(C(=N)N)cc1. The number of likely N-dealkylation sites (tertiary alicyclic amines) is 1. The minimum atomic E-state index is -0.312. The second-order valence-corrected chi connectivity index (χ2v) is 6.85. The summed E-state index contributed by atoms with van der Waals surface area (Å²) in [4.78, 5) is 14.6. The van der Waals surface area contributed by atoms with Crippen LogP contribution >= 0.6 is 0 Å². The van der Waals surface area contributed by atoms with E-state index in [9.17, 15) is 4.79 Å². The summed E-state index contributed by atoms with van der Waals surface area (Å²) in [5.74, 6) is 0.498. The van der Waals surface area contributed by atoms with E-state index >= 15 is 0 Å². The first-order valence-electron chi connectivity index (χ1n) is 8.90. The van der Waals surface area contributed by atoms with Gasteiger partial charge in [0.15, 0.2) is 0 Å². The van der Waals surface area contributed by atoms with E-state index in [1.54, 1.807) is 42.5 Å². The lowest BCUT2D eigenvalue weighted by Gasteiger charge is -2.18. The molecular weight excluding hydrogens is 356 g/mol. The number of anilines is 1. The van der Waals surface area contributed by atoms with Gasteiger partial charge in [-0.05, 0) is 43.4 Å². The maximum absolute atomic E-state index is 12.7. The number of nitrogens with zero attached hydrogens (tertiary/aromatic N) is 1. The molecule has 1 heterocycles. The first-order valence-corrected chi connectivity index (χ1v) is 8.90. The molecule has 0 saturated carbocycles. The molecule has 2 aromatic carbocycles. The summed E-state index contributed by atoms with van der Waals surface area (Å²) in [7, 11) is 1.89. The molecule has 1 amide bonds. The largest absolute Gasteiger partial charge is 0.489 e. The Labute approximate surface area is 163 Å². The number of carbonyl (C=O) groups is 1. The number of amides is 1. The fourth-order valence-electron chi connectivity index (χ4n) is 3.23. The summed E-state index contributed by atoms with van der Waals surface area (Å²) in [5, 5.41) is 17.8. The minimum Gasteiger partial charge on any atom is -0.489 e. The van der Waals surface area contributed by atoms with Crippen LogP contribution in [0.15, 0.2) is 48.5 Å². The highest BCUT2D eigenvalue weighted by Gasteiger charge is 2.35. The lowest BCUT2D eigenvalue weighted by molar-refractivity contribution is -0.120. The van der Waals surface area contributed by atoms with E-state index in [0.29, 0.717) is 35.5 Å². The zero-order valence-electron chi connectivity index (χ0n) is 15.6. The normalized spacial score (nSPS) is 19.2. The van der Waals surface area contributed by atoms with Crippen molar-refractivity contribution in [3.63, 3.8) is 0 Å². The summed E-state index contributed by atoms with van der Waals surface area (Å²) in [6.45, 7) is 0.617. The minimum absolute atomic E-state index is 0.0118. The fraction of sp³-hybridized carbons (Fsp3) is 0.250. The van der Waals surface area contributed by atoms with Gasteiger partial charge in [0, 0.05) is 29.8 Å². The maximum Gasteiger partial charge on any atom is 0.241 e. The quantitative estimate of drug-likeness (QED) is 0.380. The van der Waals surface area contributed by atoms with Crippen LogP contribution in [0.4, 0.5) is 5.69 Å². The average Bonchev–Trinajstić information content (AvgIpc) is 3.02. The van der Waals surface area contributed by atoms with Crippen LogP contribution in [0.25, 0.3) is 0 Å². The van der Waals surface area contributed by atoms with Gasteiger partial charge in [-0.2, -0.15) is 0 Å². The number of carbonyl (C=O) groups excluding carboxylic acids is 1. The van der Waals surface area contributed by atoms with E-state index in [0.717, 1.165) is 0 Å². The molecule has 3 rings (SSSR count). The Morgan fingerprint density at radius 2 is 1.79 bits per heavy atom. The van der Waals surface area contributed by atoms with Crippen LogP contribution in [0.3, 0.4) is 0 Å². The van der Waals surface area contributed by atoms with Crippen molar-refractivity contribution in [3.05, 3.63) is 59.7 Å². The molecule has 8 nitrogen and oxygen atoms in total. The van der Waals surface area contributed by atoms with Crippen LogP contribution in [-0.2, 0) is 4.79 Å². The lowest BCUT2D eigenvalue weighted by atomic mass is 10.1. The van der Waals surface area contributed by atoms with E-state index in [1.807, 2.05) is 18.0 Å². The van der Waals surface area contributed by atoms with E-state index < -0.39 is 0 Å². The summed E-state index contributed by atoms with van der Waals surface area (Å²) in [5.41, 5.74) is 12.8. The van der Waals surface area contributed by atoms with Crippen molar-refractivity contribution in [3.8, 4) is 5.75 Å². The van der Waals surface area contributed by atoms with Gasteiger partial charge in [0.05, 0.1) is 6.04 Å². The molecule has 0 unspecified atom stereocenters. The van der Waals surface area contributed by atoms with E-state index in [1.165, 1.54) is 0 Å². The molecule has 146 valence electrons. The Bertz CT molecular complexity index is 896. The van der Waals surface area contributed by atoms with Gasteiger partial charge in [0.2, 0.25) is 5.91 Å². The Balaban J connectivity index is 1.61. The average molecular weight is 380 g/mol. The van der Waals surface area contributed by atoms with Crippen molar-refractivity contribution in [2.45, 2.75) is 18.6 Å². The van der Waals surface area contributed by atoms with Gasteiger partial charge in [-0.25, -0.2) is 0 Å². The maximum atomic E-state index is 12.7. The number of nitrogen functional groups attached to an aromatic ring is 2. The highest BCUT2D eigenvalue weighted by atomic mass is 16.5. The first-order chi connectivity index (χ1) is 13.3. The number of nitrogens with one attached hydrogen (secondary N) is 3. The number of benzene rings is 2. The standard InChI is InChI=1S/C20H24N6O2/c1-26-11-16(28-15-4-2-3-13(9-15)19(23)24)10-17(26)20(27)25-14-7-5-12(6-8-14)18(21)22/h2-9,16-17H,10-11H2,1H3,(H3,21,22)(H3,23,24)(H,25,27)/t16-,17+/m1/s1. The molecule has 1 fully saturated rings. The van der Waals surface area contributed by atoms with Gasteiger partial charge in [-0.1, -0.05) is 12.1 Å². The summed E-state index contributed by atoms with van der Waals surface area (Å²) in [6, 6.07) is 13.6. The van der Waals surface area contributed by atoms with E-state index in [-0.39, 0.29) is 29.7 Å². The second-order valence-electron chi connectivity index (χ2n) is 6.85.